The zero-order valence-electron chi connectivity index (χ0n) is 36.8. The average Bonchev–Trinajstić information content (AvgIpc) is 3.89. The highest BCUT2D eigenvalue weighted by Gasteiger charge is 2.43. The van der Waals surface area contributed by atoms with Crippen LogP contribution < -0.4 is 31.4 Å². The highest BCUT2D eigenvalue weighted by molar-refractivity contribution is 5.79. The highest BCUT2D eigenvalue weighted by atomic mass is 16.6. The van der Waals surface area contributed by atoms with Gasteiger partial charge in [0.15, 0.2) is 0 Å². The minimum absolute atomic E-state index is 0.00697. The molecule has 2 amide bonds. The van der Waals surface area contributed by atoms with Crippen LogP contribution in [0.1, 0.15) is 77.6 Å². The number of aryl methyl sites for hydroxylation is 1. The number of nitrogens with one attached hydrogen (secondary N) is 3. The van der Waals surface area contributed by atoms with E-state index in [0.29, 0.717) is 42.9 Å². The van der Waals surface area contributed by atoms with Crippen LogP contribution in [0.2, 0.25) is 0 Å². The van der Waals surface area contributed by atoms with Crippen molar-refractivity contribution in [2.75, 3.05) is 34.0 Å². The summed E-state index contributed by atoms with van der Waals surface area (Å²) < 4.78 is 31.8. The Kier molecular flexibility index (Phi) is 13.9. The molecule has 1 fully saturated rings. The molecule has 3 atom stereocenters. The van der Waals surface area contributed by atoms with Gasteiger partial charge in [-0.15, -0.1) is 0 Å². The van der Waals surface area contributed by atoms with Crippen LogP contribution in [0.3, 0.4) is 0 Å². The van der Waals surface area contributed by atoms with E-state index in [2.05, 4.69) is 39.9 Å². The number of rotatable bonds is 18. The van der Waals surface area contributed by atoms with Gasteiger partial charge < -0.3 is 34.3 Å². The van der Waals surface area contributed by atoms with Crippen LogP contribution in [-0.2, 0) is 24.6 Å². The molecule has 0 unspecified atom stereocenters. The number of H-pyrrole nitrogens is 1. The summed E-state index contributed by atoms with van der Waals surface area (Å²) in [5.74, 6) is 1.17. The summed E-state index contributed by atoms with van der Waals surface area (Å²) in [6.45, 7) is 2.28. The largest absolute Gasteiger partial charge is 0.497 e. The Morgan fingerprint density at radius 1 is 0.738 bits per heavy atom. The van der Waals surface area contributed by atoms with E-state index in [9.17, 15) is 19.2 Å². The molecule has 0 spiro atoms. The Morgan fingerprint density at radius 2 is 1.32 bits per heavy atom. The molecule has 1 saturated heterocycles. The van der Waals surface area contributed by atoms with Crippen molar-refractivity contribution < 1.29 is 33.3 Å². The molecule has 13 nitrogen and oxygen atoms in total. The first-order chi connectivity index (χ1) is 31.7. The molecule has 13 heteroatoms. The van der Waals surface area contributed by atoms with E-state index in [1.165, 1.54) is 21.9 Å². The first-order valence-electron chi connectivity index (χ1n) is 22.0. The number of fused-ring (bicyclic) bond motifs is 3. The van der Waals surface area contributed by atoms with E-state index in [1.807, 2.05) is 103 Å². The minimum Gasteiger partial charge on any atom is -0.497 e. The quantitative estimate of drug-likeness (QED) is 0.0580. The summed E-state index contributed by atoms with van der Waals surface area (Å²) in [6.07, 6.45) is 1.94. The standard InChI is InChI=1S/C52H54N4O9/c1-34-31-56(50(59)55-49(34)58)48-30-45(54-47(57)20-8-5-13-29-53-51(60)63-32-44-42-18-11-9-16-40(42)41-17-10-12-19-43(41)44)46(65-48)33-64-52(35-14-6-4-7-15-35,36-21-25-38(61-2)26-22-36)37-23-27-39(62-3)28-24-37/h4,6-7,9-12,14-19,21-28,31,44-46,48H,5,8,13,20,29-30,32-33H2,1-3H3,(H,53,60)(H,54,57)(H,55,58,59)/t45-,46+,48+/m0/s1. The second-order valence-corrected chi connectivity index (χ2v) is 16.4. The van der Waals surface area contributed by atoms with Crippen molar-refractivity contribution in [1.29, 1.82) is 0 Å². The molecule has 2 aliphatic rings. The molecule has 8 rings (SSSR count). The maximum absolute atomic E-state index is 13.6. The predicted octanol–water partition coefficient (Wildman–Crippen LogP) is 7.74. The van der Waals surface area contributed by atoms with Gasteiger partial charge in [-0.25, -0.2) is 9.59 Å². The van der Waals surface area contributed by atoms with Gasteiger partial charge >= 0.3 is 11.8 Å². The van der Waals surface area contributed by atoms with Crippen LogP contribution in [0.15, 0.2) is 143 Å². The van der Waals surface area contributed by atoms with Crippen LogP contribution in [0.5, 0.6) is 11.5 Å². The molecule has 5 aromatic carbocycles. The molecule has 1 aromatic heterocycles. The summed E-state index contributed by atoms with van der Waals surface area (Å²) >= 11 is 0. The Morgan fingerprint density at radius 3 is 1.94 bits per heavy atom. The number of nitrogens with zero attached hydrogens (tertiary/aromatic N) is 1. The molecule has 2 heterocycles. The first kappa shape index (κ1) is 44.6. The van der Waals surface area contributed by atoms with Crippen molar-refractivity contribution in [3.63, 3.8) is 0 Å². The highest BCUT2D eigenvalue weighted by Crippen LogP contribution is 2.45. The lowest BCUT2D eigenvalue weighted by Gasteiger charge is -2.37. The predicted molar refractivity (Wildman–Crippen MR) is 246 cm³/mol. The van der Waals surface area contributed by atoms with Crippen molar-refractivity contribution in [3.05, 3.63) is 188 Å². The first-order valence-corrected chi connectivity index (χ1v) is 22.0. The smallest absolute Gasteiger partial charge is 0.407 e. The number of benzene rings is 5. The third-order valence-electron chi connectivity index (χ3n) is 12.4. The molecule has 65 heavy (non-hydrogen) atoms. The fourth-order valence-corrected chi connectivity index (χ4v) is 9.00. The fraction of sp³-hybridized carbons (Fsp3) is 0.308. The van der Waals surface area contributed by atoms with Crippen LogP contribution in [0, 0.1) is 6.92 Å². The van der Waals surface area contributed by atoms with E-state index in [1.54, 1.807) is 21.1 Å². The molecule has 3 N–H and O–H groups in total. The summed E-state index contributed by atoms with van der Waals surface area (Å²) in [5, 5.41) is 6.03. The fourth-order valence-electron chi connectivity index (χ4n) is 9.00. The average molecular weight is 879 g/mol. The van der Waals surface area contributed by atoms with Gasteiger partial charge in [-0.05, 0) is 83.0 Å². The zero-order chi connectivity index (χ0) is 45.3. The lowest BCUT2D eigenvalue weighted by molar-refractivity contribution is -0.123. The molecule has 0 bridgehead atoms. The van der Waals surface area contributed by atoms with Crippen molar-refractivity contribution in [1.82, 2.24) is 20.2 Å². The van der Waals surface area contributed by atoms with E-state index in [4.69, 9.17) is 23.7 Å². The van der Waals surface area contributed by atoms with E-state index in [0.717, 1.165) is 27.8 Å². The molecular weight excluding hydrogens is 825 g/mol. The van der Waals surface area contributed by atoms with E-state index in [-0.39, 0.29) is 37.9 Å². The maximum atomic E-state index is 13.6. The third-order valence-corrected chi connectivity index (χ3v) is 12.4. The summed E-state index contributed by atoms with van der Waals surface area (Å²) in [4.78, 5) is 54.1. The van der Waals surface area contributed by atoms with E-state index < -0.39 is 41.3 Å². The number of aromatic nitrogens is 2. The molecule has 1 aliphatic carbocycles. The SMILES string of the molecule is COc1ccc(C(OC[C@H]2O[C@@H](n3cc(C)c(=O)[nH]c3=O)C[C@@H]2NC(=O)CCCCCNC(=O)OCC2c3ccccc3-c3ccccc32)(c2ccccc2)c2ccc(OC)cc2)cc1. The Bertz CT molecular complexity index is 2610. The van der Waals surface area contributed by atoms with Crippen LogP contribution >= 0.6 is 0 Å². The molecule has 0 radical (unpaired) electrons. The summed E-state index contributed by atoms with van der Waals surface area (Å²) in [5.41, 5.74) is 5.25. The van der Waals surface area contributed by atoms with Crippen LogP contribution in [0.25, 0.3) is 11.1 Å². The number of hydrogen-bond acceptors (Lipinski definition) is 9. The summed E-state index contributed by atoms with van der Waals surface area (Å²) in [6, 6.07) is 41.1. The Hall–Kier alpha value is -6.96. The van der Waals surface area contributed by atoms with Gasteiger partial charge in [0.1, 0.15) is 36.0 Å². The Labute approximate surface area is 377 Å². The molecule has 6 aromatic rings. The topological polar surface area (TPSA) is 159 Å². The van der Waals surface area contributed by atoms with Crippen molar-refractivity contribution in [3.8, 4) is 22.6 Å². The van der Waals surface area contributed by atoms with Gasteiger partial charge in [-0.1, -0.05) is 110 Å². The molecular formula is C52H54N4O9. The second kappa shape index (κ2) is 20.3. The maximum Gasteiger partial charge on any atom is 0.407 e. The number of hydrogen-bond donors (Lipinski definition) is 3. The van der Waals surface area contributed by atoms with Crippen molar-refractivity contribution in [2.24, 2.45) is 0 Å². The number of ether oxygens (including phenoxy) is 5. The van der Waals surface area contributed by atoms with Gasteiger partial charge in [0.05, 0.1) is 26.9 Å². The lowest BCUT2D eigenvalue weighted by Crippen LogP contribution is -2.44. The molecule has 336 valence electrons. The number of methoxy groups -OCH3 is 2. The Balaban J connectivity index is 0.924. The monoisotopic (exact) mass is 878 g/mol. The van der Waals surface area contributed by atoms with E-state index >= 15 is 0 Å². The number of aromatic amines is 1. The minimum atomic E-state index is -1.16. The van der Waals surface area contributed by atoms with Gasteiger partial charge in [-0.2, -0.15) is 0 Å². The van der Waals surface area contributed by atoms with Crippen LogP contribution in [0.4, 0.5) is 4.79 Å². The lowest BCUT2D eigenvalue weighted by atomic mass is 9.80. The van der Waals surface area contributed by atoms with Gasteiger partial charge in [0.25, 0.3) is 5.56 Å². The second-order valence-electron chi connectivity index (χ2n) is 16.4. The molecule has 0 saturated carbocycles. The van der Waals surface area contributed by atoms with Crippen molar-refractivity contribution >= 4 is 12.0 Å². The molecule has 1 aliphatic heterocycles. The van der Waals surface area contributed by atoms with Gasteiger partial charge in [-0.3, -0.25) is 19.1 Å². The zero-order valence-corrected chi connectivity index (χ0v) is 36.8. The number of carbonyl (C=O) groups is 2. The van der Waals surface area contributed by atoms with Crippen molar-refractivity contribution in [2.45, 2.75) is 68.9 Å². The summed E-state index contributed by atoms with van der Waals surface area (Å²) in [7, 11) is 3.23. The number of amides is 2. The third kappa shape index (κ3) is 9.76. The normalized spacial score (nSPS) is 16.6. The van der Waals surface area contributed by atoms with Crippen LogP contribution in [-0.4, -0.2) is 67.7 Å². The van der Waals surface area contributed by atoms with Gasteiger partial charge in [0, 0.05) is 37.1 Å². The number of unbranched alkanes of at least 4 members (excludes halogenated alkanes) is 2. The number of carbonyl (C=O) groups excluding carboxylic acids is 2. The number of alkyl carbamates (subject to hydrolysis) is 1. The van der Waals surface area contributed by atoms with Gasteiger partial charge in [0.2, 0.25) is 5.91 Å².